The van der Waals surface area contributed by atoms with E-state index in [2.05, 4.69) is 10.4 Å². The fraction of sp³-hybridized carbons (Fsp3) is 0.269. The first kappa shape index (κ1) is 23.9. The Balaban J connectivity index is 1.47. The van der Waals surface area contributed by atoms with Crippen molar-refractivity contribution < 1.29 is 19.2 Å². The number of benzene rings is 2. The molecule has 1 N–H and O–H groups in total. The summed E-state index contributed by atoms with van der Waals surface area (Å²) in [4.78, 5) is 53.8. The monoisotopic (exact) mass is 473 g/mol. The Morgan fingerprint density at radius 3 is 2.11 bits per heavy atom. The molecule has 1 aliphatic heterocycles. The third-order valence-corrected chi connectivity index (χ3v) is 5.97. The van der Waals surface area contributed by atoms with Gasteiger partial charge in [-0.05, 0) is 44.5 Å². The Kier molecular flexibility index (Phi) is 7.05. The summed E-state index contributed by atoms with van der Waals surface area (Å²) < 4.78 is 1.53. The van der Waals surface area contributed by atoms with Gasteiger partial charge in [-0.2, -0.15) is 5.10 Å². The molecule has 3 aromatic rings. The molecule has 2 heterocycles. The van der Waals surface area contributed by atoms with E-state index in [0.717, 1.165) is 0 Å². The smallest absolute Gasteiger partial charge is 0.261 e. The highest BCUT2D eigenvalue weighted by Gasteiger charge is 2.34. The Labute approximate surface area is 203 Å². The summed E-state index contributed by atoms with van der Waals surface area (Å²) in [7, 11) is 0. The first-order valence-electron chi connectivity index (χ1n) is 11.6. The van der Waals surface area contributed by atoms with Crippen LogP contribution in [0.5, 0.6) is 0 Å². The lowest BCUT2D eigenvalue weighted by atomic mass is 10.1. The molecule has 0 saturated carbocycles. The van der Waals surface area contributed by atoms with Gasteiger partial charge in [-0.15, -0.1) is 0 Å². The summed E-state index contributed by atoms with van der Waals surface area (Å²) in [5, 5.41) is 7.19. The van der Waals surface area contributed by atoms with E-state index < -0.39 is 0 Å². The number of carbonyl (C=O) groups is 4. The normalized spacial score (nSPS) is 12.6. The second-order valence-electron chi connectivity index (χ2n) is 8.09. The highest BCUT2D eigenvalue weighted by molar-refractivity contribution is 6.21. The summed E-state index contributed by atoms with van der Waals surface area (Å²) in [5.74, 6) is -0.967. The number of para-hydroxylation sites is 1. The highest BCUT2D eigenvalue weighted by atomic mass is 16.2. The molecule has 0 fully saturated rings. The molecule has 1 aliphatic rings. The number of fused-ring (bicyclic) bond motifs is 1. The lowest BCUT2D eigenvalue weighted by molar-refractivity contribution is -0.116. The van der Waals surface area contributed by atoms with Crippen molar-refractivity contribution in [2.75, 3.05) is 25.0 Å². The average molecular weight is 474 g/mol. The third kappa shape index (κ3) is 4.70. The van der Waals surface area contributed by atoms with E-state index in [9.17, 15) is 19.2 Å². The van der Waals surface area contributed by atoms with Gasteiger partial charge in [0.2, 0.25) is 5.91 Å². The topological polar surface area (TPSA) is 105 Å². The number of nitrogens with zero attached hydrogens (tertiary/aromatic N) is 4. The lowest BCUT2D eigenvalue weighted by Gasteiger charge is -2.19. The Morgan fingerprint density at radius 2 is 1.51 bits per heavy atom. The van der Waals surface area contributed by atoms with Gasteiger partial charge in [-0.25, -0.2) is 4.68 Å². The van der Waals surface area contributed by atoms with Crippen molar-refractivity contribution in [3.05, 3.63) is 77.5 Å². The summed E-state index contributed by atoms with van der Waals surface area (Å²) >= 11 is 0. The van der Waals surface area contributed by atoms with Crippen LogP contribution in [-0.4, -0.2) is 62.8 Å². The number of hydrogen-bond acceptors (Lipinski definition) is 5. The number of aromatic nitrogens is 2. The molecule has 0 bridgehead atoms. The van der Waals surface area contributed by atoms with Gasteiger partial charge in [0.05, 0.1) is 23.0 Å². The minimum Gasteiger partial charge on any atom is -0.339 e. The number of imide groups is 1. The number of rotatable bonds is 9. The predicted octanol–water partition coefficient (Wildman–Crippen LogP) is 3.37. The maximum Gasteiger partial charge on any atom is 0.261 e. The van der Waals surface area contributed by atoms with E-state index >= 15 is 0 Å². The Hall–Kier alpha value is -4.27. The SMILES string of the molecule is CCN(CC)C(=O)c1cnn(-c2ccccc2)c1NC(=O)CCCN1C(=O)c2ccccc2C1=O. The first-order chi connectivity index (χ1) is 17.0. The van der Waals surface area contributed by atoms with Gasteiger partial charge in [0.1, 0.15) is 11.4 Å². The lowest BCUT2D eigenvalue weighted by Crippen LogP contribution is -2.32. The minimum absolute atomic E-state index is 0.0618. The summed E-state index contributed by atoms with van der Waals surface area (Å²) in [6, 6.07) is 15.9. The Morgan fingerprint density at radius 1 is 0.914 bits per heavy atom. The third-order valence-electron chi connectivity index (χ3n) is 5.97. The molecule has 1 aromatic heterocycles. The zero-order valence-electron chi connectivity index (χ0n) is 19.7. The molecule has 4 amide bonds. The number of anilines is 1. The van der Waals surface area contributed by atoms with Crippen molar-refractivity contribution >= 4 is 29.4 Å². The van der Waals surface area contributed by atoms with Crippen molar-refractivity contribution in [3.8, 4) is 5.69 Å². The second-order valence-corrected chi connectivity index (χ2v) is 8.09. The summed E-state index contributed by atoms with van der Waals surface area (Å²) in [5.41, 5.74) is 1.76. The Bertz CT molecular complexity index is 1230. The van der Waals surface area contributed by atoms with Crippen LogP contribution < -0.4 is 5.32 Å². The molecular formula is C26H27N5O4. The molecule has 2 aromatic carbocycles. The predicted molar refractivity (Wildman–Crippen MR) is 130 cm³/mol. The summed E-state index contributed by atoms with van der Waals surface area (Å²) in [6.07, 6.45) is 1.81. The number of nitrogens with one attached hydrogen (secondary N) is 1. The number of carbonyl (C=O) groups excluding carboxylic acids is 4. The van der Waals surface area contributed by atoms with Gasteiger partial charge in [0.25, 0.3) is 17.7 Å². The van der Waals surface area contributed by atoms with Crippen LogP contribution >= 0.6 is 0 Å². The van der Waals surface area contributed by atoms with E-state index in [0.29, 0.717) is 41.3 Å². The van der Waals surface area contributed by atoms with Crippen LogP contribution in [-0.2, 0) is 4.79 Å². The van der Waals surface area contributed by atoms with E-state index in [1.54, 1.807) is 29.2 Å². The molecule has 0 radical (unpaired) electrons. The van der Waals surface area contributed by atoms with Crippen LogP contribution in [0.15, 0.2) is 60.8 Å². The largest absolute Gasteiger partial charge is 0.339 e. The van der Waals surface area contributed by atoms with Gasteiger partial charge in [-0.1, -0.05) is 30.3 Å². The van der Waals surface area contributed by atoms with Gasteiger partial charge in [0, 0.05) is 26.1 Å². The fourth-order valence-corrected chi connectivity index (χ4v) is 4.11. The molecule has 0 aliphatic carbocycles. The number of amides is 4. The van der Waals surface area contributed by atoms with Gasteiger partial charge in [0.15, 0.2) is 0 Å². The highest BCUT2D eigenvalue weighted by Crippen LogP contribution is 2.24. The van der Waals surface area contributed by atoms with Crippen LogP contribution in [0.4, 0.5) is 5.82 Å². The van der Waals surface area contributed by atoms with Gasteiger partial charge >= 0.3 is 0 Å². The molecule has 180 valence electrons. The molecule has 4 rings (SSSR count). The molecule has 9 heteroatoms. The zero-order chi connectivity index (χ0) is 24.9. The molecular weight excluding hydrogens is 446 g/mol. The van der Waals surface area contributed by atoms with Crippen molar-refractivity contribution in [3.63, 3.8) is 0 Å². The van der Waals surface area contributed by atoms with Crippen molar-refractivity contribution in [1.29, 1.82) is 0 Å². The quantitative estimate of drug-likeness (QED) is 0.480. The van der Waals surface area contributed by atoms with Crippen molar-refractivity contribution in [1.82, 2.24) is 19.6 Å². The molecule has 0 spiro atoms. The van der Waals surface area contributed by atoms with Gasteiger partial charge in [-0.3, -0.25) is 24.1 Å². The zero-order valence-corrected chi connectivity index (χ0v) is 19.7. The van der Waals surface area contributed by atoms with Crippen LogP contribution in [0.2, 0.25) is 0 Å². The van der Waals surface area contributed by atoms with Crippen LogP contribution in [0.1, 0.15) is 57.8 Å². The maximum atomic E-state index is 13.1. The van der Waals surface area contributed by atoms with E-state index in [1.165, 1.54) is 15.8 Å². The molecule has 0 saturated heterocycles. The molecule has 9 nitrogen and oxygen atoms in total. The molecule has 0 atom stereocenters. The molecule has 0 unspecified atom stereocenters. The van der Waals surface area contributed by atoms with Crippen LogP contribution in [0, 0.1) is 0 Å². The van der Waals surface area contributed by atoms with E-state index in [1.807, 2.05) is 44.2 Å². The van der Waals surface area contributed by atoms with Crippen LogP contribution in [0.3, 0.4) is 0 Å². The first-order valence-corrected chi connectivity index (χ1v) is 11.6. The standard InChI is InChI=1S/C26H27N5O4/c1-3-29(4-2)24(33)21-17-27-31(18-11-6-5-7-12-18)23(21)28-22(32)15-10-16-30-25(34)19-13-8-9-14-20(19)26(30)35/h5-9,11-14,17H,3-4,10,15-16H2,1-2H3,(H,28,32). The fourth-order valence-electron chi connectivity index (χ4n) is 4.11. The van der Waals surface area contributed by atoms with E-state index in [4.69, 9.17) is 0 Å². The minimum atomic E-state index is -0.347. The second kappa shape index (κ2) is 10.3. The van der Waals surface area contributed by atoms with E-state index in [-0.39, 0.29) is 43.0 Å². The van der Waals surface area contributed by atoms with Crippen molar-refractivity contribution in [2.24, 2.45) is 0 Å². The van der Waals surface area contributed by atoms with Crippen LogP contribution in [0.25, 0.3) is 5.69 Å². The summed E-state index contributed by atoms with van der Waals surface area (Å²) in [6.45, 7) is 4.96. The average Bonchev–Trinajstić information content (AvgIpc) is 3.40. The maximum absolute atomic E-state index is 13.1. The molecule has 35 heavy (non-hydrogen) atoms. The van der Waals surface area contributed by atoms with Gasteiger partial charge < -0.3 is 10.2 Å². The van der Waals surface area contributed by atoms with Crippen molar-refractivity contribution in [2.45, 2.75) is 26.7 Å². The number of hydrogen-bond donors (Lipinski definition) is 1.